The first-order valence-corrected chi connectivity index (χ1v) is 3.37. The van der Waals surface area contributed by atoms with Gasteiger partial charge in [0.05, 0.1) is 12.0 Å². The zero-order valence-electron chi connectivity index (χ0n) is 5.03. The number of nitrogens with zero attached hydrogens (tertiary/aromatic N) is 2. The van der Waals surface area contributed by atoms with Crippen molar-refractivity contribution in [3.8, 4) is 0 Å². The lowest BCUT2D eigenvalue weighted by molar-refractivity contribution is 1.24. The second-order valence-electron chi connectivity index (χ2n) is 1.55. The molecule has 1 heterocycles. The largest absolute Gasteiger partial charge is 0.390 e. The van der Waals surface area contributed by atoms with Gasteiger partial charge in [-0.1, -0.05) is 0 Å². The van der Waals surface area contributed by atoms with Crippen LogP contribution in [0.2, 0.25) is 0 Å². The van der Waals surface area contributed by atoms with E-state index in [1.54, 1.807) is 0 Å². The maximum absolute atomic E-state index is 5.04. The molecule has 0 aromatic carbocycles. The summed E-state index contributed by atoms with van der Waals surface area (Å²) in [7, 11) is 0. The van der Waals surface area contributed by atoms with Gasteiger partial charge in [0.2, 0.25) is 5.13 Å². The number of hydrogen-bond acceptors (Lipinski definition) is 3. The number of aryl methyl sites for hydroxylation is 1. The highest BCUT2D eigenvalue weighted by Crippen LogP contribution is 2.16. The summed E-state index contributed by atoms with van der Waals surface area (Å²) in [6.45, 7) is 1.92. The van der Waals surface area contributed by atoms with Crippen LogP contribution < -0.4 is 5.73 Å². The molecule has 0 aliphatic rings. The third-order valence-corrected chi connectivity index (χ3v) is 1.66. The third-order valence-electron chi connectivity index (χ3n) is 0.792. The van der Waals surface area contributed by atoms with E-state index in [-0.39, 0.29) is 0 Å². The third kappa shape index (κ3) is 1.50. The lowest BCUT2D eigenvalue weighted by Crippen LogP contribution is -1.85. The van der Waals surface area contributed by atoms with E-state index >= 15 is 0 Å². The molecule has 0 saturated carbocycles. The zero-order valence-corrected chi connectivity index (χ0v) is 5.85. The van der Waals surface area contributed by atoms with Crippen molar-refractivity contribution >= 4 is 22.8 Å². The second kappa shape index (κ2) is 2.59. The fourth-order valence-corrected chi connectivity index (χ4v) is 1.11. The minimum absolute atomic E-state index is 0.718. The van der Waals surface area contributed by atoms with Crippen LogP contribution in [0, 0.1) is 6.92 Å². The van der Waals surface area contributed by atoms with Gasteiger partial charge in [-0.3, -0.25) is 0 Å². The highest BCUT2D eigenvalue weighted by atomic mass is 32.1. The predicted octanol–water partition coefficient (Wildman–Crippen LogP) is 1.07. The lowest BCUT2D eigenvalue weighted by Gasteiger charge is -1.76. The van der Waals surface area contributed by atoms with E-state index in [0.29, 0.717) is 0 Å². The van der Waals surface area contributed by atoms with Crippen molar-refractivity contribution in [1.82, 2.24) is 4.98 Å². The Labute approximate surface area is 57.3 Å². The molecule has 1 aromatic rings. The average Bonchev–Trinajstić information content (AvgIpc) is 2.17. The first-order chi connectivity index (χ1) is 4.33. The van der Waals surface area contributed by atoms with E-state index in [2.05, 4.69) is 9.98 Å². The maximum atomic E-state index is 5.04. The number of hydrogen-bond donors (Lipinski definition) is 1. The van der Waals surface area contributed by atoms with Crippen molar-refractivity contribution in [1.29, 1.82) is 0 Å². The Hall–Kier alpha value is -0.900. The number of aromatic nitrogens is 1. The highest BCUT2D eigenvalue weighted by molar-refractivity contribution is 7.13. The van der Waals surface area contributed by atoms with Gasteiger partial charge < -0.3 is 5.73 Å². The van der Waals surface area contributed by atoms with Crippen LogP contribution in [0.1, 0.15) is 5.69 Å². The normalized spacial score (nSPS) is 10.8. The minimum Gasteiger partial charge on any atom is -0.390 e. The van der Waals surface area contributed by atoms with Crippen LogP contribution in [-0.2, 0) is 0 Å². The minimum atomic E-state index is 0.718. The van der Waals surface area contributed by atoms with Crippen molar-refractivity contribution in [2.24, 2.45) is 10.7 Å². The monoisotopic (exact) mass is 141 g/mol. The molecule has 0 aliphatic heterocycles. The van der Waals surface area contributed by atoms with E-state index < -0.39 is 0 Å². The SMILES string of the molecule is Cc1csc(N=CN)n1. The Morgan fingerprint density at radius 2 is 2.67 bits per heavy atom. The fourth-order valence-electron chi connectivity index (χ4n) is 0.465. The average molecular weight is 141 g/mol. The molecule has 3 nitrogen and oxygen atoms in total. The van der Waals surface area contributed by atoms with Crippen molar-refractivity contribution in [3.63, 3.8) is 0 Å². The molecule has 0 bridgehead atoms. The molecule has 0 fully saturated rings. The summed E-state index contributed by atoms with van der Waals surface area (Å²) in [6.07, 6.45) is 1.25. The van der Waals surface area contributed by atoms with Crippen LogP contribution in [0.25, 0.3) is 0 Å². The van der Waals surface area contributed by atoms with Gasteiger partial charge in [-0.05, 0) is 6.92 Å². The standard InChI is InChI=1S/C5H7N3S/c1-4-2-9-5(8-4)7-3-6/h2-3H,1H3,(H2,6,7,8). The van der Waals surface area contributed by atoms with Gasteiger partial charge in [0.15, 0.2) is 0 Å². The Balaban J connectivity index is 2.85. The second-order valence-corrected chi connectivity index (χ2v) is 2.39. The molecule has 1 aromatic heterocycles. The first-order valence-electron chi connectivity index (χ1n) is 2.49. The Bertz CT molecular complexity index is 216. The highest BCUT2D eigenvalue weighted by Gasteiger charge is 1.91. The molecule has 0 radical (unpaired) electrons. The number of nitrogens with two attached hydrogens (primary N) is 1. The van der Waals surface area contributed by atoms with E-state index in [1.807, 2.05) is 12.3 Å². The summed E-state index contributed by atoms with van der Waals surface area (Å²) in [5, 5.41) is 2.65. The molecule has 0 unspecified atom stereocenters. The van der Waals surface area contributed by atoms with Gasteiger partial charge in [0.25, 0.3) is 0 Å². The van der Waals surface area contributed by atoms with Crippen molar-refractivity contribution in [2.45, 2.75) is 6.92 Å². The molecular formula is C5H7N3S. The summed E-state index contributed by atoms with van der Waals surface area (Å²) < 4.78 is 0. The quantitative estimate of drug-likeness (QED) is 0.470. The van der Waals surface area contributed by atoms with Gasteiger partial charge in [-0.2, -0.15) is 0 Å². The lowest BCUT2D eigenvalue weighted by atomic mass is 10.6. The molecule has 2 N–H and O–H groups in total. The molecule has 1 rings (SSSR count). The molecule has 0 spiro atoms. The van der Waals surface area contributed by atoms with E-state index in [1.165, 1.54) is 17.7 Å². The van der Waals surface area contributed by atoms with Gasteiger partial charge in [-0.25, -0.2) is 9.98 Å². The Kier molecular flexibility index (Phi) is 1.79. The van der Waals surface area contributed by atoms with Crippen LogP contribution in [0.4, 0.5) is 5.13 Å². The van der Waals surface area contributed by atoms with Crippen LogP contribution in [-0.4, -0.2) is 11.3 Å². The summed E-state index contributed by atoms with van der Waals surface area (Å²) in [5.74, 6) is 0. The smallest absolute Gasteiger partial charge is 0.210 e. The Morgan fingerprint density at radius 3 is 3.11 bits per heavy atom. The van der Waals surface area contributed by atoms with Crippen molar-refractivity contribution in [3.05, 3.63) is 11.1 Å². The van der Waals surface area contributed by atoms with E-state index in [4.69, 9.17) is 5.73 Å². The molecular weight excluding hydrogens is 134 g/mol. The van der Waals surface area contributed by atoms with Gasteiger partial charge in [0, 0.05) is 5.38 Å². The summed E-state index contributed by atoms with van der Waals surface area (Å²) in [5.41, 5.74) is 6.03. The van der Waals surface area contributed by atoms with Crippen LogP contribution in [0.15, 0.2) is 10.4 Å². The summed E-state index contributed by atoms with van der Waals surface area (Å²) in [6, 6.07) is 0. The molecule has 0 amide bonds. The molecule has 0 atom stereocenters. The maximum Gasteiger partial charge on any atom is 0.210 e. The van der Waals surface area contributed by atoms with Gasteiger partial charge >= 0.3 is 0 Å². The number of rotatable bonds is 1. The fraction of sp³-hybridized carbons (Fsp3) is 0.200. The molecule has 48 valence electrons. The molecule has 0 saturated heterocycles. The summed E-state index contributed by atoms with van der Waals surface area (Å²) in [4.78, 5) is 7.83. The molecule has 9 heavy (non-hydrogen) atoms. The topological polar surface area (TPSA) is 51.3 Å². The van der Waals surface area contributed by atoms with Gasteiger partial charge in [0.1, 0.15) is 0 Å². The van der Waals surface area contributed by atoms with Crippen LogP contribution in [0.5, 0.6) is 0 Å². The zero-order chi connectivity index (χ0) is 6.69. The number of aliphatic imine (C=N–C) groups is 1. The first kappa shape index (κ1) is 6.22. The molecule has 0 aliphatic carbocycles. The van der Waals surface area contributed by atoms with Crippen LogP contribution >= 0.6 is 11.3 Å². The van der Waals surface area contributed by atoms with Crippen molar-refractivity contribution < 1.29 is 0 Å². The predicted molar refractivity (Wildman–Crippen MR) is 39.2 cm³/mol. The van der Waals surface area contributed by atoms with Gasteiger partial charge in [-0.15, -0.1) is 11.3 Å². The van der Waals surface area contributed by atoms with Crippen LogP contribution in [0.3, 0.4) is 0 Å². The van der Waals surface area contributed by atoms with Crippen molar-refractivity contribution in [2.75, 3.05) is 0 Å². The molecule has 4 heteroatoms. The summed E-state index contributed by atoms with van der Waals surface area (Å²) >= 11 is 1.49. The van der Waals surface area contributed by atoms with E-state index in [0.717, 1.165) is 10.8 Å². The van der Waals surface area contributed by atoms with E-state index in [9.17, 15) is 0 Å². The number of thiazole rings is 1. The Morgan fingerprint density at radius 1 is 1.89 bits per heavy atom.